The van der Waals surface area contributed by atoms with Crippen LogP contribution >= 0.6 is 22.7 Å². The maximum absolute atomic E-state index is 5.56. The minimum atomic E-state index is 0.275. The van der Waals surface area contributed by atoms with Crippen molar-refractivity contribution in [2.75, 3.05) is 6.54 Å². The molecule has 0 amide bonds. The second kappa shape index (κ2) is 6.79. The second-order valence-corrected chi connectivity index (χ2v) is 8.30. The molecule has 1 aliphatic heterocycles. The Morgan fingerprint density at radius 2 is 1.96 bits per heavy atom. The molecule has 0 saturated heterocycles. The monoisotopic (exact) mass is 379 g/mol. The molecule has 5 rings (SSSR count). The van der Waals surface area contributed by atoms with Crippen molar-refractivity contribution in [1.82, 2.24) is 15.0 Å². The zero-order chi connectivity index (χ0) is 17.3. The number of nitrogens with zero attached hydrogens (tertiary/aromatic N) is 3. The third-order valence-corrected chi connectivity index (χ3v) is 6.64. The number of aromatic nitrogens is 2. The van der Waals surface area contributed by atoms with E-state index in [9.17, 15) is 0 Å². The number of fused-ring (bicyclic) bond motifs is 1. The molecule has 26 heavy (non-hydrogen) atoms. The summed E-state index contributed by atoms with van der Waals surface area (Å²) in [6, 6.07) is 16.8. The highest BCUT2D eigenvalue weighted by molar-refractivity contribution is 7.10. The molecule has 4 heterocycles. The van der Waals surface area contributed by atoms with Crippen molar-refractivity contribution in [2.45, 2.75) is 19.0 Å². The number of hydrogen-bond acceptors (Lipinski definition) is 6. The van der Waals surface area contributed by atoms with Crippen LogP contribution in [0, 0.1) is 0 Å². The number of thiophene rings is 2. The van der Waals surface area contributed by atoms with Gasteiger partial charge >= 0.3 is 0 Å². The first kappa shape index (κ1) is 15.9. The summed E-state index contributed by atoms with van der Waals surface area (Å²) >= 11 is 3.67. The van der Waals surface area contributed by atoms with E-state index in [1.165, 1.54) is 15.3 Å². The van der Waals surface area contributed by atoms with Gasteiger partial charge in [-0.2, -0.15) is 4.98 Å². The highest BCUT2D eigenvalue weighted by Crippen LogP contribution is 2.40. The SMILES string of the molecule is c1ccc(-c2noc(CN3CCc4sccc4[C@@H]3c3cccs3)n2)cc1. The van der Waals surface area contributed by atoms with Gasteiger partial charge in [0.1, 0.15) is 0 Å². The van der Waals surface area contributed by atoms with Crippen molar-refractivity contribution in [2.24, 2.45) is 0 Å². The fourth-order valence-electron chi connectivity index (χ4n) is 3.52. The molecule has 1 atom stereocenters. The van der Waals surface area contributed by atoms with Crippen LogP contribution in [-0.2, 0) is 13.0 Å². The third kappa shape index (κ3) is 2.90. The average Bonchev–Trinajstić information content (AvgIpc) is 3.44. The molecule has 0 unspecified atom stereocenters. The van der Waals surface area contributed by atoms with Gasteiger partial charge in [0.2, 0.25) is 11.7 Å². The summed E-state index contributed by atoms with van der Waals surface area (Å²) in [4.78, 5) is 9.93. The Bertz CT molecular complexity index is 991. The van der Waals surface area contributed by atoms with Crippen LogP contribution < -0.4 is 0 Å². The molecule has 130 valence electrons. The average molecular weight is 380 g/mol. The summed E-state index contributed by atoms with van der Waals surface area (Å²) in [6.07, 6.45) is 1.08. The minimum Gasteiger partial charge on any atom is -0.338 e. The molecule has 1 aromatic carbocycles. The standard InChI is InChI=1S/C20H17N3OS2/c1-2-5-14(6-3-1)20-21-18(24-22-20)13-23-10-8-16-15(9-12-26-16)19(23)17-7-4-11-25-17/h1-7,9,11-12,19H,8,10,13H2/t19-/m1/s1. The predicted octanol–water partition coefficient (Wildman–Crippen LogP) is 5.01. The predicted molar refractivity (Wildman–Crippen MR) is 104 cm³/mol. The van der Waals surface area contributed by atoms with Gasteiger partial charge in [-0.1, -0.05) is 41.6 Å². The lowest BCUT2D eigenvalue weighted by Crippen LogP contribution is -2.34. The topological polar surface area (TPSA) is 42.2 Å². The zero-order valence-electron chi connectivity index (χ0n) is 14.0. The fraction of sp³-hybridized carbons (Fsp3) is 0.200. The van der Waals surface area contributed by atoms with Crippen LogP contribution in [0.5, 0.6) is 0 Å². The van der Waals surface area contributed by atoms with E-state index in [-0.39, 0.29) is 6.04 Å². The Labute approximate surface area is 159 Å². The second-order valence-electron chi connectivity index (χ2n) is 6.32. The summed E-state index contributed by atoms with van der Waals surface area (Å²) in [5.41, 5.74) is 2.41. The highest BCUT2D eigenvalue weighted by atomic mass is 32.1. The van der Waals surface area contributed by atoms with Crippen LogP contribution in [0.1, 0.15) is 27.3 Å². The van der Waals surface area contributed by atoms with Gasteiger partial charge in [0.25, 0.3) is 0 Å². The Balaban J connectivity index is 1.44. The molecule has 6 heteroatoms. The molecular formula is C20H17N3OS2. The smallest absolute Gasteiger partial charge is 0.241 e. The third-order valence-electron chi connectivity index (χ3n) is 4.72. The molecule has 0 aliphatic carbocycles. The van der Waals surface area contributed by atoms with E-state index in [0.717, 1.165) is 18.5 Å². The lowest BCUT2D eigenvalue weighted by atomic mass is 9.98. The zero-order valence-corrected chi connectivity index (χ0v) is 15.7. The van der Waals surface area contributed by atoms with Crippen LogP contribution in [-0.4, -0.2) is 21.6 Å². The molecule has 0 saturated carbocycles. The molecule has 3 aromatic heterocycles. The quantitative estimate of drug-likeness (QED) is 0.500. The number of rotatable bonds is 4. The molecule has 4 nitrogen and oxygen atoms in total. The van der Waals surface area contributed by atoms with E-state index >= 15 is 0 Å². The largest absolute Gasteiger partial charge is 0.338 e. The van der Waals surface area contributed by atoms with E-state index in [1.54, 1.807) is 0 Å². The number of hydrogen-bond donors (Lipinski definition) is 0. The first-order valence-corrected chi connectivity index (χ1v) is 10.4. The first-order valence-electron chi connectivity index (χ1n) is 8.60. The van der Waals surface area contributed by atoms with Gasteiger partial charge in [-0.3, -0.25) is 4.90 Å². The van der Waals surface area contributed by atoms with Crippen LogP contribution in [0.2, 0.25) is 0 Å². The number of benzene rings is 1. The highest BCUT2D eigenvalue weighted by Gasteiger charge is 2.31. The van der Waals surface area contributed by atoms with E-state index in [1.807, 2.05) is 53.0 Å². The molecule has 0 spiro atoms. The Morgan fingerprint density at radius 3 is 2.81 bits per heavy atom. The van der Waals surface area contributed by atoms with E-state index in [0.29, 0.717) is 18.3 Å². The minimum absolute atomic E-state index is 0.275. The van der Waals surface area contributed by atoms with E-state index in [2.05, 4.69) is 44.0 Å². The summed E-state index contributed by atoms with van der Waals surface area (Å²) in [5, 5.41) is 8.52. The van der Waals surface area contributed by atoms with Crippen molar-refractivity contribution in [3.8, 4) is 11.4 Å². The Morgan fingerprint density at radius 1 is 1.04 bits per heavy atom. The van der Waals surface area contributed by atoms with Crippen molar-refractivity contribution in [3.63, 3.8) is 0 Å². The van der Waals surface area contributed by atoms with Crippen molar-refractivity contribution in [3.05, 3.63) is 80.5 Å². The van der Waals surface area contributed by atoms with Gasteiger partial charge in [-0.05, 0) is 34.9 Å². The van der Waals surface area contributed by atoms with Crippen molar-refractivity contribution in [1.29, 1.82) is 0 Å². The van der Waals surface area contributed by atoms with Crippen LogP contribution in [0.4, 0.5) is 0 Å². The lowest BCUT2D eigenvalue weighted by molar-refractivity contribution is 0.181. The summed E-state index contributed by atoms with van der Waals surface area (Å²) in [7, 11) is 0. The molecule has 4 aromatic rings. The molecule has 0 N–H and O–H groups in total. The van der Waals surface area contributed by atoms with Gasteiger partial charge in [0.15, 0.2) is 0 Å². The van der Waals surface area contributed by atoms with Crippen molar-refractivity contribution < 1.29 is 4.52 Å². The Hall–Kier alpha value is -2.28. The van der Waals surface area contributed by atoms with Gasteiger partial charge in [-0.25, -0.2) is 0 Å². The molecule has 0 bridgehead atoms. The van der Waals surface area contributed by atoms with Crippen LogP contribution in [0.25, 0.3) is 11.4 Å². The Kier molecular flexibility index (Phi) is 4.16. The van der Waals surface area contributed by atoms with Gasteiger partial charge in [-0.15, -0.1) is 22.7 Å². The van der Waals surface area contributed by atoms with Crippen LogP contribution in [0.3, 0.4) is 0 Å². The maximum atomic E-state index is 5.56. The normalized spacial score (nSPS) is 17.3. The summed E-state index contributed by atoms with van der Waals surface area (Å²) < 4.78 is 5.56. The van der Waals surface area contributed by atoms with Crippen molar-refractivity contribution >= 4 is 22.7 Å². The maximum Gasteiger partial charge on any atom is 0.241 e. The molecule has 0 radical (unpaired) electrons. The molecule has 1 aliphatic rings. The van der Waals surface area contributed by atoms with Gasteiger partial charge < -0.3 is 4.52 Å². The fourth-order valence-corrected chi connectivity index (χ4v) is 5.30. The van der Waals surface area contributed by atoms with Gasteiger partial charge in [0.05, 0.1) is 12.6 Å². The van der Waals surface area contributed by atoms with Gasteiger partial charge in [0, 0.05) is 21.9 Å². The summed E-state index contributed by atoms with van der Waals surface area (Å²) in [5.74, 6) is 1.32. The molecular weight excluding hydrogens is 362 g/mol. The molecule has 0 fully saturated rings. The lowest BCUT2D eigenvalue weighted by Gasteiger charge is -2.34. The van der Waals surface area contributed by atoms with E-state index < -0.39 is 0 Å². The van der Waals surface area contributed by atoms with E-state index in [4.69, 9.17) is 4.52 Å². The van der Waals surface area contributed by atoms with Crippen LogP contribution in [0.15, 0.2) is 63.8 Å². The summed E-state index contributed by atoms with van der Waals surface area (Å²) in [6.45, 7) is 1.66. The first-order chi connectivity index (χ1) is 12.9.